The number of anilines is 1. The summed E-state index contributed by atoms with van der Waals surface area (Å²) in [5.74, 6) is 0.974. The third-order valence-corrected chi connectivity index (χ3v) is 3.03. The lowest BCUT2D eigenvalue weighted by Gasteiger charge is -2.05. The number of hydrogen-bond acceptors (Lipinski definition) is 2. The van der Waals surface area contributed by atoms with Crippen LogP contribution in [0.4, 0.5) is 5.69 Å². The normalized spacial score (nSPS) is 10.2. The fraction of sp³-hybridized carbons (Fsp3) is 0.250. The van der Waals surface area contributed by atoms with Crippen molar-refractivity contribution in [2.24, 2.45) is 0 Å². The van der Waals surface area contributed by atoms with Crippen LogP contribution in [0.3, 0.4) is 0 Å². The molecule has 0 saturated carbocycles. The third-order valence-electron chi connectivity index (χ3n) is 1.35. The van der Waals surface area contributed by atoms with Gasteiger partial charge in [0.1, 0.15) is 0 Å². The van der Waals surface area contributed by atoms with E-state index in [-0.39, 0.29) is 0 Å². The first-order valence-electron chi connectivity index (χ1n) is 3.52. The molecule has 12 heavy (non-hydrogen) atoms. The Kier molecular flexibility index (Phi) is 3.56. The van der Waals surface area contributed by atoms with Gasteiger partial charge in [0.2, 0.25) is 0 Å². The van der Waals surface area contributed by atoms with Gasteiger partial charge in [-0.25, -0.2) is 0 Å². The number of nitrogen functional groups attached to an aromatic ring is 1. The van der Waals surface area contributed by atoms with Crippen LogP contribution < -0.4 is 5.73 Å². The van der Waals surface area contributed by atoms with Crippen molar-refractivity contribution in [2.75, 3.05) is 11.5 Å². The van der Waals surface area contributed by atoms with Crippen LogP contribution >= 0.6 is 35.0 Å². The molecular weight excluding hydrogens is 213 g/mol. The monoisotopic (exact) mass is 221 g/mol. The van der Waals surface area contributed by atoms with Gasteiger partial charge >= 0.3 is 0 Å². The van der Waals surface area contributed by atoms with Crippen LogP contribution in [0.5, 0.6) is 0 Å². The molecule has 4 heteroatoms. The maximum absolute atomic E-state index is 5.82. The average Bonchev–Trinajstić information content (AvgIpc) is 2.01. The summed E-state index contributed by atoms with van der Waals surface area (Å²) in [6.45, 7) is 2.06. The first-order valence-corrected chi connectivity index (χ1v) is 5.26. The summed E-state index contributed by atoms with van der Waals surface area (Å²) in [6, 6.07) is 3.48. The fourth-order valence-corrected chi connectivity index (χ4v) is 1.96. The van der Waals surface area contributed by atoms with Crippen LogP contribution in [-0.4, -0.2) is 5.75 Å². The molecule has 66 valence electrons. The topological polar surface area (TPSA) is 26.0 Å². The Morgan fingerprint density at radius 2 is 1.92 bits per heavy atom. The van der Waals surface area contributed by atoms with Crippen molar-refractivity contribution in [2.45, 2.75) is 11.8 Å². The number of halogens is 2. The minimum Gasteiger partial charge on any atom is -0.398 e. The third kappa shape index (κ3) is 2.22. The molecule has 0 aliphatic heterocycles. The van der Waals surface area contributed by atoms with Gasteiger partial charge in [-0.15, -0.1) is 11.8 Å². The Labute approximate surface area is 86.2 Å². The molecule has 0 aromatic heterocycles. The van der Waals surface area contributed by atoms with Crippen molar-refractivity contribution in [1.29, 1.82) is 0 Å². The molecule has 1 nitrogen and oxygen atoms in total. The molecular formula is C8H9Cl2NS. The zero-order valence-electron chi connectivity index (χ0n) is 6.60. The Balaban J connectivity index is 3.05. The number of rotatable bonds is 2. The summed E-state index contributed by atoms with van der Waals surface area (Å²) < 4.78 is 0. The highest BCUT2D eigenvalue weighted by Crippen LogP contribution is 2.33. The van der Waals surface area contributed by atoms with Crippen molar-refractivity contribution in [3.8, 4) is 0 Å². The van der Waals surface area contributed by atoms with Crippen LogP contribution in [-0.2, 0) is 0 Å². The van der Waals surface area contributed by atoms with Gasteiger partial charge < -0.3 is 5.73 Å². The standard InChI is InChI=1S/C8H9Cl2NS/c1-2-12-8-4-6(10)5(9)3-7(8)11/h3-4H,2,11H2,1H3. The van der Waals surface area contributed by atoms with Crippen molar-refractivity contribution in [3.63, 3.8) is 0 Å². The molecule has 1 aromatic carbocycles. The molecule has 0 aliphatic carbocycles. The SMILES string of the molecule is CCSc1cc(Cl)c(Cl)cc1N. The van der Waals surface area contributed by atoms with E-state index in [2.05, 4.69) is 6.92 Å². The van der Waals surface area contributed by atoms with E-state index in [1.807, 2.05) is 0 Å². The van der Waals surface area contributed by atoms with Gasteiger partial charge in [-0.1, -0.05) is 30.1 Å². The molecule has 0 fully saturated rings. The Hall–Kier alpha value is -0.0500. The maximum atomic E-state index is 5.82. The number of hydrogen-bond donors (Lipinski definition) is 1. The zero-order valence-corrected chi connectivity index (χ0v) is 8.93. The summed E-state index contributed by atoms with van der Waals surface area (Å²) in [5, 5.41) is 1.07. The molecule has 0 amide bonds. The van der Waals surface area contributed by atoms with Gasteiger partial charge in [-0.05, 0) is 17.9 Å². The molecule has 2 N–H and O–H groups in total. The van der Waals surface area contributed by atoms with E-state index < -0.39 is 0 Å². The molecule has 0 aliphatic rings. The summed E-state index contributed by atoms with van der Waals surface area (Å²) in [4.78, 5) is 0.993. The van der Waals surface area contributed by atoms with Gasteiger partial charge in [0.05, 0.1) is 10.0 Å². The predicted octanol–water partition coefficient (Wildman–Crippen LogP) is 3.69. The van der Waals surface area contributed by atoms with Crippen molar-refractivity contribution in [1.82, 2.24) is 0 Å². The highest BCUT2D eigenvalue weighted by Gasteiger charge is 2.03. The van der Waals surface area contributed by atoms with Crippen molar-refractivity contribution < 1.29 is 0 Å². The number of thioether (sulfide) groups is 1. The van der Waals surface area contributed by atoms with E-state index in [0.29, 0.717) is 15.7 Å². The summed E-state index contributed by atoms with van der Waals surface area (Å²) in [6.07, 6.45) is 0. The molecule has 1 rings (SSSR count). The van der Waals surface area contributed by atoms with E-state index in [9.17, 15) is 0 Å². The van der Waals surface area contributed by atoms with E-state index in [4.69, 9.17) is 28.9 Å². The largest absolute Gasteiger partial charge is 0.398 e. The van der Waals surface area contributed by atoms with Gasteiger partial charge in [-0.2, -0.15) is 0 Å². The van der Waals surface area contributed by atoms with Crippen molar-refractivity contribution in [3.05, 3.63) is 22.2 Å². The van der Waals surface area contributed by atoms with E-state index in [0.717, 1.165) is 10.6 Å². The van der Waals surface area contributed by atoms with E-state index >= 15 is 0 Å². The smallest absolute Gasteiger partial charge is 0.0613 e. The summed E-state index contributed by atoms with van der Waals surface area (Å²) >= 11 is 13.2. The minimum absolute atomic E-state index is 0.509. The Morgan fingerprint density at radius 1 is 1.33 bits per heavy atom. The Morgan fingerprint density at radius 3 is 2.50 bits per heavy atom. The zero-order chi connectivity index (χ0) is 9.14. The molecule has 0 atom stereocenters. The highest BCUT2D eigenvalue weighted by atomic mass is 35.5. The predicted molar refractivity (Wildman–Crippen MR) is 57.3 cm³/mol. The summed E-state index contributed by atoms with van der Waals surface area (Å²) in [5.41, 5.74) is 6.40. The first kappa shape index (κ1) is 10.0. The lowest BCUT2D eigenvalue weighted by Crippen LogP contribution is -1.88. The molecule has 0 spiro atoms. The second-order valence-corrected chi connectivity index (χ2v) is 4.36. The molecule has 1 aromatic rings. The molecule has 0 unspecified atom stereocenters. The molecule has 0 radical (unpaired) electrons. The lowest BCUT2D eigenvalue weighted by molar-refractivity contribution is 1.43. The average molecular weight is 222 g/mol. The molecule has 0 heterocycles. The second kappa shape index (κ2) is 4.26. The molecule has 0 saturated heterocycles. The minimum atomic E-state index is 0.509. The van der Waals surface area contributed by atoms with Gasteiger partial charge in [-0.3, -0.25) is 0 Å². The highest BCUT2D eigenvalue weighted by molar-refractivity contribution is 7.99. The van der Waals surface area contributed by atoms with Crippen LogP contribution in [0.2, 0.25) is 10.0 Å². The number of benzene rings is 1. The quantitative estimate of drug-likeness (QED) is 0.610. The van der Waals surface area contributed by atoms with Gasteiger partial charge in [0.25, 0.3) is 0 Å². The van der Waals surface area contributed by atoms with Crippen LogP contribution in [0.1, 0.15) is 6.92 Å². The van der Waals surface area contributed by atoms with Crippen LogP contribution in [0, 0.1) is 0 Å². The molecule has 0 bridgehead atoms. The van der Waals surface area contributed by atoms with Crippen molar-refractivity contribution >= 4 is 40.7 Å². The van der Waals surface area contributed by atoms with Gasteiger partial charge in [0, 0.05) is 10.6 Å². The van der Waals surface area contributed by atoms with E-state index in [1.165, 1.54) is 0 Å². The van der Waals surface area contributed by atoms with Crippen LogP contribution in [0.25, 0.3) is 0 Å². The Bertz CT molecular complexity index is 289. The maximum Gasteiger partial charge on any atom is 0.0613 e. The second-order valence-electron chi connectivity index (χ2n) is 2.24. The van der Waals surface area contributed by atoms with Gasteiger partial charge in [0.15, 0.2) is 0 Å². The van der Waals surface area contributed by atoms with Crippen LogP contribution in [0.15, 0.2) is 17.0 Å². The fourth-order valence-electron chi connectivity index (χ4n) is 0.824. The summed E-state index contributed by atoms with van der Waals surface area (Å²) in [7, 11) is 0. The van der Waals surface area contributed by atoms with E-state index in [1.54, 1.807) is 23.9 Å². The lowest BCUT2D eigenvalue weighted by atomic mass is 10.3. The number of nitrogens with two attached hydrogens (primary N) is 1. The first-order chi connectivity index (χ1) is 5.65.